The van der Waals surface area contributed by atoms with E-state index in [2.05, 4.69) is 25.8 Å². The molecule has 1 aromatic carbocycles. The number of likely N-dealkylation sites (tertiary alicyclic amines) is 1. The summed E-state index contributed by atoms with van der Waals surface area (Å²) in [6, 6.07) is 10.1. The van der Waals surface area contributed by atoms with E-state index >= 15 is 0 Å². The Bertz CT molecular complexity index is 1070. The largest absolute Gasteiger partial charge is 0.416 e. The molecule has 3 aliphatic rings. The third-order valence-corrected chi connectivity index (χ3v) is 9.26. The van der Waals surface area contributed by atoms with Crippen LogP contribution in [0, 0.1) is 5.92 Å². The second-order valence-electron chi connectivity index (χ2n) is 10.8. The van der Waals surface area contributed by atoms with E-state index in [0.29, 0.717) is 37.2 Å². The second-order valence-corrected chi connectivity index (χ2v) is 12.0. The fourth-order valence-corrected chi connectivity index (χ4v) is 7.13. The highest BCUT2D eigenvalue weighted by Crippen LogP contribution is 2.33. The van der Waals surface area contributed by atoms with Crippen molar-refractivity contribution in [3.8, 4) is 0 Å². The van der Waals surface area contributed by atoms with Crippen LogP contribution in [0.2, 0.25) is 0 Å². The van der Waals surface area contributed by atoms with Gasteiger partial charge in [-0.25, -0.2) is 0 Å². The molecule has 5 rings (SSSR count). The molecule has 4 heterocycles. The van der Waals surface area contributed by atoms with Gasteiger partial charge in [0, 0.05) is 94.4 Å². The monoisotopic (exact) mass is 561 g/mol. The van der Waals surface area contributed by atoms with Crippen LogP contribution >= 0.6 is 11.8 Å². The molecule has 0 saturated carbocycles. The first-order valence-electron chi connectivity index (χ1n) is 14.0. The molecule has 2 aromatic rings. The highest BCUT2D eigenvalue weighted by atomic mass is 32.2. The van der Waals surface area contributed by atoms with E-state index in [4.69, 9.17) is 0 Å². The molecule has 3 fully saturated rings. The maximum absolute atomic E-state index is 13.2. The van der Waals surface area contributed by atoms with Crippen molar-refractivity contribution in [2.45, 2.75) is 38.0 Å². The number of amides is 1. The number of piperidine rings is 1. The number of carbonyl (C=O) groups is 1. The van der Waals surface area contributed by atoms with Crippen molar-refractivity contribution in [1.82, 2.24) is 19.7 Å². The van der Waals surface area contributed by atoms with Crippen LogP contribution < -0.4 is 4.90 Å². The van der Waals surface area contributed by atoms with Gasteiger partial charge in [-0.3, -0.25) is 19.6 Å². The quantitative estimate of drug-likeness (QED) is 0.497. The highest BCUT2D eigenvalue weighted by Gasteiger charge is 2.36. The number of piperazine rings is 1. The van der Waals surface area contributed by atoms with Gasteiger partial charge in [-0.05, 0) is 55.1 Å². The number of carbonyl (C=O) groups excluding carboxylic acids is 1. The molecule has 2 atom stereocenters. The molecular weight excluding hydrogens is 523 g/mol. The van der Waals surface area contributed by atoms with Gasteiger partial charge in [0.25, 0.3) is 0 Å². The summed E-state index contributed by atoms with van der Waals surface area (Å²) in [6.45, 7) is 7.52. The van der Waals surface area contributed by atoms with E-state index in [0.717, 1.165) is 76.2 Å². The van der Waals surface area contributed by atoms with Crippen LogP contribution in [0.25, 0.3) is 0 Å². The Hall–Kier alpha value is -2.30. The van der Waals surface area contributed by atoms with Crippen molar-refractivity contribution < 1.29 is 18.0 Å². The van der Waals surface area contributed by atoms with Crippen molar-refractivity contribution in [1.29, 1.82) is 0 Å². The minimum absolute atomic E-state index is 0.271. The Morgan fingerprint density at radius 1 is 1.00 bits per heavy atom. The normalized spacial score (nSPS) is 23.7. The molecule has 0 aliphatic carbocycles. The van der Waals surface area contributed by atoms with Crippen molar-refractivity contribution in [3.05, 3.63) is 59.9 Å². The second kappa shape index (κ2) is 12.9. The summed E-state index contributed by atoms with van der Waals surface area (Å²) in [6.07, 6.45) is 1.86. The van der Waals surface area contributed by atoms with Crippen molar-refractivity contribution in [2.24, 2.45) is 5.92 Å². The molecule has 0 radical (unpaired) electrons. The van der Waals surface area contributed by atoms with Crippen molar-refractivity contribution in [2.75, 3.05) is 68.8 Å². The number of nitrogens with zero attached hydrogens (tertiary/aromatic N) is 5. The van der Waals surface area contributed by atoms with Crippen molar-refractivity contribution >= 4 is 23.4 Å². The zero-order chi connectivity index (χ0) is 27.2. The number of rotatable bonds is 7. The van der Waals surface area contributed by atoms with E-state index in [9.17, 15) is 18.0 Å². The van der Waals surface area contributed by atoms with Gasteiger partial charge in [-0.1, -0.05) is 12.1 Å². The smallest absolute Gasteiger partial charge is 0.369 e. The third-order valence-electron chi connectivity index (χ3n) is 8.32. The fourth-order valence-electron chi connectivity index (χ4n) is 6.22. The SMILES string of the molecule is O=C(CC[C@H]1CN(Cc2cccnc2)CC[C@H]1N1CCN(c2cccc(C(F)(F)F)c2)CC1)N1CCSCC1. The van der Waals surface area contributed by atoms with Crippen LogP contribution in [-0.4, -0.2) is 95.5 Å². The third kappa shape index (κ3) is 7.46. The molecule has 0 bridgehead atoms. The standard InChI is InChI=1S/C29H38F3N5OS/c30-29(31,32)25-4-1-5-26(19-25)35-11-13-36(14-12-35)27-8-10-34(21-23-3-2-9-33-20-23)22-24(27)6-7-28(38)37-15-17-39-18-16-37/h1-5,9,19-20,24,27H,6-8,10-18,21-22H2/t24-,27+/m0/s1. The molecule has 0 unspecified atom stereocenters. The van der Waals surface area contributed by atoms with Crippen LogP contribution in [0.5, 0.6) is 0 Å². The maximum Gasteiger partial charge on any atom is 0.416 e. The summed E-state index contributed by atoms with van der Waals surface area (Å²) in [5.74, 6) is 2.69. The summed E-state index contributed by atoms with van der Waals surface area (Å²) in [5, 5.41) is 0. The molecule has 6 nitrogen and oxygen atoms in total. The molecule has 0 N–H and O–H groups in total. The predicted octanol–water partition coefficient (Wildman–Crippen LogP) is 4.47. The van der Waals surface area contributed by atoms with E-state index < -0.39 is 11.7 Å². The first-order chi connectivity index (χ1) is 18.9. The van der Waals surface area contributed by atoms with Gasteiger partial charge in [0.2, 0.25) is 5.91 Å². The highest BCUT2D eigenvalue weighted by molar-refractivity contribution is 7.99. The fraction of sp³-hybridized carbons (Fsp3) is 0.586. The number of aromatic nitrogens is 1. The van der Waals surface area contributed by atoms with E-state index in [1.807, 2.05) is 28.9 Å². The van der Waals surface area contributed by atoms with Gasteiger partial charge in [-0.2, -0.15) is 24.9 Å². The zero-order valence-corrected chi connectivity index (χ0v) is 23.2. The minimum atomic E-state index is -4.33. The lowest BCUT2D eigenvalue weighted by atomic mass is 9.86. The Morgan fingerprint density at radius 3 is 2.51 bits per heavy atom. The van der Waals surface area contributed by atoms with Gasteiger partial charge in [0.15, 0.2) is 0 Å². The molecule has 212 valence electrons. The number of alkyl halides is 3. The molecule has 0 spiro atoms. The number of halogens is 3. The average molecular weight is 562 g/mol. The topological polar surface area (TPSA) is 42.9 Å². The van der Waals surface area contributed by atoms with Gasteiger partial charge in [0.1, 0.15) is 0 Å². The minimum Gasteiger partial charge on any atom is -0.369 e. The molecule has 10 heteroatoms. The predicted molar refractivity (Wildman–Crippen MR) is 150 cm³/mol. The molecule has 1 amide bonds. The lowest BCUT2D eigenvalue weighted by Crippen LogP contribution is -2.56. The zero-order valence-electron chi connectivity index (χ0n) is 22.4. The van der Waals surface area contributed by atoms with E-state index in [1.54, 1.807) is 12.3 Å². The Balaban J connectivity index is 1.22. The molecular formula is C29H38F3N5OS. The van der Waals surface area contributed by atoms with Crippen LogP contribution in [0.15, 0.2) is 48.8 Å². The molecule has 3 aliphatic heterocycles. The Morgan fingerprint density at radius 2 is 1.79 bits per heavy atom. The molecule has 3 saturated heterocycles. The Kier molecular flexibility index (Phi) is 9.35. The van der Waals surface area contributed by atoms with Crippen LogP contribution in [0.4, 0.5) is 18.9 Å². The lowest BCUT2D eigenvalue weighted by Gasteiger charge is -2.47. The summed E-state index contributed by atoms with van der Waals surface area (Å²) in [4.78, 5) is 26.4. The van der Waals surface area contributed by atoms with Crippen LogP contribution in [0.1, 0.15) is 30.4 Å². The lowest BCUT2D eigenvalue weighted by molar-refractivity contribution is -0.137. The number of anilines is 1. The maximum atomic E-state index is 13.2. The number of hydrogen-bond acceptors (Lipinski definition) is 6. The summed E-state index contributed by atoms with van der Waals surface area (Å²) < 4.78 is 39.7. The van der Waals surface area contributed by atoms with Crippen molar-refractivity contribution in [3.63, 3.8) is 0 Å². The number of benzene rings is 1. The number of hydrogen-bond donors (Lipinski definition) is 0. The van der Waals surface area contributed by atoms with E-state index in [-0.39, 0.29) is 5.91 Å². The summed E-state index contributed by atoms with van der Waals surface area (Å²) in [5.41, 5.74) is 1.24. The molecule has 39 heavy (non-hydrogen) atoms. The number of pyridine rings is 1. The first kappa shape index (κ1) is 28.2. The number of thioether (sulfide) groups is 1. The van der Waals surface area contributed by atoms with Crippen LogP contribution in [-0.2, 0) is 17.5 Å². The van der Waals surface area contributed by atoms with Crippen LogP contribution in [0.3, 0.4) is 0 Å². The average Bonchev–Trinajstić information content (AvgIpc) is 2.97. The molecule has 1 aromatic heterocycles. The summed E-state index contributed by atoms with van der Waals surface area (Å²) >= 11 is 1.91. The summed E-state index contributed by atoms with van der Waals surface area (Å²) in [7, 11) is 0. The van der Waals surface area contributed by atoms with Gasteiger partial charge >= 0.3 is 6.18 Å². The van der Waals surface area contributed by atoms with Gasteiger partial charge in [0.05, 0.1) is 5.56 Å². The van der Waals surface area contributed by atoms with Gasteiger partial charge in [-0.15, -0.1) is 0 Å². The Labute approximate surface area is 233 Å². The first-order valence-corrected chi connectivity index (χ1v) is 15.2. The van der Waals surface area contributed by atoms with E-state index in [1.165, 1.54) is 17.7 Å². The van der Waals surface area contributed by atoms with Gasteiger partial charge < -0.3 is 9.80 Å².